The Hall–Kier alpha value is -1.57. The van der Waals surface area contributed by atoms with Crippen molar-refractivity contribution >= 4 is 5.71 Å². The summed E-state index contributed by atoms with van der Waals surface area (Å²) in [4.78, 5) is 4.59. The van der Waals surface area contributed by atoms with Crippen molar-refractivity contribution in [3.63, 3.8) is 0 Å². The summed E-state index contributed by atoms with van der Waals surface area (Å²) in [6, 6.07) is 7.38. The molecule has 0 saturated carbocycles. The van der Waals surface area contributed by atoms with E-state index in [1.807, 2.05) is 25.1 Å². The zero-order chi connectivity index (χ0) is 11.9. The predicted molar refractivity (Wildman–Crippen MR) is 66.8 cm³/mol. The number of phenols is 1. The lowest BCUT2D eigenvalue weighted by Gasteiger charge is -2.23. The third-order valence-electron chi connectivity index (χ3n) is 3.51. The van der Waals surface area contributed by atoms with Gasteiger partial charge < -0.3 is 5.11 Å². The highest BCUT2D eigenvalue weighted by atomic mass is 16.3. The summed E-state index contributed by atoms with van der Waals surface area (Å²) in [7, 11) is 0. The first-order chi connectivity index (χ1) is 7.44. The lowest BCUT2D eigenvalue weighted by atomic mass is 9.79. The molecule has 84 valence electrons. The number of aromatic hydroxyl groups is 1. The highest BCUT2D eigenvalue weighted by Crippen LogP contribution is 2.40. The normalized spacial score (nSPS) is 18.9. The molecule has 0 spiro atoms. The van der Waals surface area contributed by atoms with Crippen molar-refractivity contribution in [2.75, 3.05) is 0 Å². The van der Waals surface area contributed by atoms with Crippen LogP contribution in [0.3, 0.4) is 0 Å². The number of benzene rings is 1. The minimum absolute atomic E-state index is 0.0943. The number of hydrogen-bond acceptors (Lipinski definition) is 2. The average molecular weight is 215 g/mol. The fourth-order valence-electron chi connectivity index (χ4n) is 2.09. The van der Waals surface area contributed by atoms with Gasteiger partial charge in [0.15, 0.2) is 0 Å². The molecule has 1 aliphatic rings. The highest BCUT2D eigenvalue weighted by molar-refractivity contribution is 6.10. The van der Waals surface area contributed by atoms with Gasteiger partial charge in [-0.1, -0.05) is 26.0 Å². The summed E-state index contributed by atoms with van der Waals surface area (Å²) in [5.41, 5.74) is 4.03. The molecule has 1 N–H and O–H groups in total. The first-order valence-corrected chi connectivity index (χ1v) is 5.50. The Kier molecular flexibility index (Phi) is 2.38. The summed E-state index contributed by atoms with van der Waals surface area (Å²) in [6.07, 6.45) is 0. The van der Waals surface area contributed by atoms with Gasteiger partial charge >= 0.3 is 0 Å². The van der Waals surface area contributed by atoms with Crippen molar-refractivity contribution in [1.82, 2.24) is 0 Å². The molecule has 2 heteroatoms. The van der Waals surface area contributed by atoms with Gasteiger partial charge in [0.2, 0.25) is 0 Å². The van der Waals surface area contributed by atoms with E-state index in [9.17, 15) is 5.11 Å². The molecule has 0 bridgehead atoms. The quantitative estimate of drug-likeness (QED) is 0.763. The second-order valence-corrected chi connectivity index (χ2v) is 4.81. The maximum atomic E-state index is 9.88. The van der Waals surface area contributed by atoms with Gasteiger partial charge in [0, 0.05) is 16.7 Å². The van der Waals surface area contributed by atoms with Crippen molar-refractivity contribution < 1.29 is 5.11 Å². The molecule has 2 rings (SSSR count). The van der Waals surface area contributed by atoms with Gasteiger partial charge in [-0.15, -0.1) is 0 Å². The summed E-state index contributed by atoms with van der Waals surface area (Å²) < 4.78 is 0. The van der Waals surface area contributed by atoms with E-state index < -0.39 is 0 Å². The van der Waals surface area contributed by atoms with Crippen molar-refractivity contribution in [2.24, 2.45) is 10.4 Å². The van der Waals surface area contributed by atoms with E-state index in [1.165, 1.54) is 5.57 Å². The first-order valence-electron chi connectivity index (χ1n) is 5.50. The van der Waals surface area contributed by atoms with Gasteiger partial charge in [-0.05, 0) is 31.6 Å². The van der Waals surface area contributed by atoms with Crippen molar-refractivity contribution in [1.29, 1.82) is 0 Å². The van der Waals surface area contributed by atoms with Gasteiger partial charge in [-0.3, -0.25) is 4.99 Å². The molecule has 0 aliphatic carbocycles. The number of hydrogen-bond donors (Lipinski definition) is 1. The van der Waals surface area contributed by atoms with Crippen LogP contribution in [0.4, 0.5) is 0 Å². The van der Waals surface area contributed by atoms with Crippen molar-refractivity contribution in [3.05, 3.63) is 41.1 Å². The predicted octanol–water partition coefficient (Wildman–Crippen LogP) is 3.52. The monoisotopic (exact) mass is 215 g/mol. The van der Waals surface area contributed by atoms with Crippen LogP contribution in [0.15, 0.2) is 40.5 Å². The van der Waals surface area contributed by atoms with E-state index in [0.29, 0.717) is 5.75 Å². The molecule has 16 heavy (non-hydrogen) atoms. The minimum atomic E-state index is -0.0943. The number of nitrogens with zero attached hydrogens (tertiary/aromatic N) is 1. The molecule has 1 aromatic rings. The third kappa shape index (κ3) is 1.45. The number of para-hydroxylation sites is 1. The van der Waals surface area contributed by atoms with Crippen LogP contribution in [0, 0.1) is 5.41 Å². The van der Waals surface area contributed by atoms with Gasteiger partial charge in [-0.2, -0.15) is 0 Å². The third-order valence-corrected chi connectivity index (χ3v) is 3.51. The number of rotatable bonds is 1. The van der Waals surface area contributed by atoms with E-state index >= 15 is 0 Å². The molecule has 0 radical (unpaired) electrons. The lowest BCUT2D eigenvalue weighted by Crippen LogP contribution is -2.23. The molecule has 0 fully saturated rings. The van der Waals surface area contributed by atoms with Crippen molar-refractivity contribution in [2.45, 2.75) is 27.7 Å². The number of allylic oxidation sites excluding steroid dienone is 2. The molecule has 0 unspecified atom stereocenters. The van der Waals surface area contributed by atoms with Gasteiger partial charge in [-0.25, -0.2) is 0 Å². The zero-order valence-corrected chi connectivity index (χ0v) is 10.2. The lowest BCUT2D eigenvalue weighted by molar-refractivity contribution is 0.472. The molecule has 1 aliphatic heterocycles. The SMILES string of the molecule is CC1=C(C)C(C)(C)C(c2ccccc2O)=N1. The maximum Gasteiger partial charge on any atom is 0.124 e. The van der Waals surface area contributed by atoms with Crippen LogP contribution in [0.1, 0.15) is 33.3 Å². The first kappa shape index (κ1) is 10.9. The Morgan fingerprint density at radius 2 is 1.75 bits per heavy atom. The van der Waals surface area contributed by atoms with E-state index in [0.717, 1.165) is 17.0 Å². The van der Waals surface area contributed by atoms with E-state index in [2.05, 4.69) is 25.8 Å². The van der Waals surface area contributed by atoms with E-state index in [4.69, 9.17) is 0 Å². The van der Waals surface area contributed by atoms with Crippen LogP contribution in [0.5, 0.6) is 5.75 Å². The summed E-state index contributed by atoms with van der Waals surface area (Å²) in [5.74, 6) is 0.303. The molecule has 0 saturated heterocycles. The number of phenolic OH excluding ortho intramolecular Hbond substituents is 1. The molecule has 1 aromatic carbocycles. The Labute approximate surface area is 96.3 Å². The minimum Gasteiger partial charge on any atom is -0.507 e. The largest absolute Gasteiger partial charge is 0.507 e. The molecule has 0 amide bonds. The summed E-state index contributed by atoms with van der Waals surface area (Å²) >= 11 is 0. The Bertz CT molecular complexity index is 495. The smallest absolute Gasteiger partial charge is 0.124 e. The Morgan fingerprint density at radius 1 is 1.12 bits per heavy atom. The van der Waals surface area contributed by atoms with Crippen LogP contribution in [-0.4, -0.2) is 10.8 Å². The zero-order valence-electron chi connectivity index (χ0n) is 10.2. The molecule has 0 aromatic heterocycles. The average Bonchev–Trinajstić information content (AvgIpc) is 2.43. The molecule has 1 heterocycles. The fourth-order valence-corrected chi connectivity index (χ4v) is 2.09. The topological polar surface area (TPSA) is 32.6 Å². The van der Waals surface area contributed by atoms with Crippen LogP contribution < -0.4 is 0 Å². The molecular weight excluding hydrogens is 198 g/mol. The summed E-state index contributed by atoms with van der Waals surface area (Å²) in [5, 5.41) is 9.88. The molecule has 0 atom stereocenters. The number of aliphatic imine (C=N–C) groups is 1. The van der Waals surface area contributed by atoms with E-state index in [1.54, 1.807) is 6.07 Å². The molecule has 2 nitrogen and oxygen atoms in total. The Balaban J connectivity index is 2.55. The Morgan fingerprint density at radius 3 is 2.25 bits per heavy atom. The van der Waals surface area contributed by atoms with Crippen LogP contribution in [0.25, 0.3) is 0 Å². The summed E-state index contributed by atoms with van der Waals surface area (Å²) in [6.45, 7) is 8.41. The van der Waals surface area contributed by atoms with Crippen molar-refractivity contribution in [3.8, 4) is 5.75 Å². The van der Waals surface area contributed by atoms with Crippen LogP contribution in [0.2, 0.25) is 0 Å². The van der Waals surface area contributed by atoms with E-state index in [-0.39, 0.29) is 5.41 Å². The fraction of sp³-hybridized carbons (Fsp3) is 0.357. The highest BCUT2D eigenvalue weighted by Gasteiger charge is 2.34. The van der Waals surface area contributed by atoms with Crippen LogP contribution in [-0.2, 0) is 0 Å². The molecular formula is C14H17NO. The van der Waals surface area contributed by atoms with Crippen LogP contribution >= 0.6 is 0 Å². The maximum absolute atomic E-state index is 9.88. The second kappa shape index (κ2) is 3.48. The van der Waals surface area contributed by atoms with Gasteiger partial charge in [0.05, 0.1) is 5.71 Å². The van der Waals surface area contributed by atoms with Gasteiger partial charge in [0.25, 0.3) is 0 Å². The standard InChI is InChI=1S/C14H17NO/c1-9-10(2)15-13(14(9,3)4)11-7-5-6-8-12(11)16/h5-8,16H,1-4H3. The second-order valence-electron chi connectivity index (χ2n) is 4.81. The van der Waals surface area contributed by atoms with Gasteiger partial charge in [0.1, 0.15) is 5.75 Å².